The molecule has 1 aromatic carbocycles. The highest BCUT2D eigenvalue weighted by atomic mass is 35.5. The summed E-state index contributed by atoms with van der Waals surface area (Å²) in [5, 5.41) is 4.32. The van der Waals surface area contributed by atoms with Crippen LogP contribution in [0.2, 0.25) is 5.28 Å². The number of hydrogen-bond donors (Lipinski definition) is 0. The summed E-state index contributed by atoms with van der Waals surface area (Å²) in [5.41, 5.74) is 0.920. The number of aromatic nitrogens is 3. The molecule has 0 saturated carbocycles. The largest absolute Gasteiger partial charge is 0.377 e. The van der Waals surface area contributed by atoms with E-state index in [-0.39, 0.29) is 5.28 Å². The van der Waals surface area contributed by atoms with Crippen LogP contribution in [0.15, 0.2) is 30.3 Å². The van der Waals surface area contributed by atoms with Gasteiger partial charge in [-0.15, -0.1) is 5.10 Å². The summed E-state index contributed by atoms with van der Waals surface area (Å²) in [4.78, 5) is 4.07. The molecule has 0 saturated heterocycles. The molecule has 0 atom stereocenters. The van der Waals surface area contributed by atoms with Gasteiger partial charge in [0.15, 0.2) is 5.82 Å². The molecule has 0 fully saturated rings. The predicted molar refractivity (Wildman–Crippen MR) is 57.1 cm³/mol. The second-order valence-corrected chi connectivity index (χ2v) is 3.32. The van der Waals surface area contributed by atoms with Crippen LogP contribution in [-0.2, 0) is 11.3 Å². The number of methoxy groups -OCH3 is 1. The molecule has 0 N–H and O–H groups in total. The Morgan fingerprint density at radius 2 is 2.07 bits per heavy atom. The van der Waals surface area contributed by atoms with E-state index in [1.54, 1.807) is 11.8 Å². The Labute approximate surface area is 92.5 Å². The second-order valence-electron chi connectivity index (χ2n) is 2.98. The summed E-state index contributed by atoms with van der Waals surface area (Å²) in [6.07, 6.45) is 0. The molecule has 0 aliphatic rings. The summed E-state index contributed by atoms with van der Waals surface area (Å²) in [6, 6.07) is 9.68. The van der Waals surface area contributed by atoms with Gasteiger partial charge in [0, 0.05) is 7.11 Å². The molecule has 0 spiro atoms. The fraction of sp³-hybridized carbons (Fsp3) is 0.200. The first-order valence-electron chi connectivity index (χ1n) is 4.47. The van der Waals surface area contributed by atoms with E-state index in [1.165, 1.54) is 0 Å². The summed E-state index contributed by atoms with van der Waals surface area (Å²) in [7, 11) is 1.61. The Morgan fingerprint density at radius 3 is 2.73 bits per heavy atom. The van der Waals surface area contributed by atoms with Crippen LogP contribution in [0.25, 0.3) is 5.69 Å². The highest BCUT2D eigenvalue weighted by molar-refractivity contribution is 6.28. The first-order chi connectivity index (χ1) is 7.31. The number of ether oxygens (including phenoxy) is 1. The predicted octanol–water partition coefficient (Wildman–Crippen LogP) is 2.07. The molecule has 0 aliphatic heterocycles. The van der Waals surface area contributed by atoms with Crippen LogP contribution in [0, 0.1) is 0 Å². The molecule has 1 heterocycles. The van der Waals surface area contributed by atoms with Gasteiger partial charge in [0.05, 0.1) is 5.69 Å². The summed E-state index contributed by atoms with van der Waals surface area (Å²) >= 11 is 5.75. The van der Waals surface area contributed by atoms with Crippen LogP contribution in [0.1, 0.15) is 5.82 Å². The molecule has 4 nitrogen and oxygen atoms in total. The normalized spacial score (nSPS) is 10.5. The average molecular weight is 224 g/mol. The van der Waals surface area contributed by atoms with Crippen molar-refractivity contribution < 1.29 is 4.74 Å². The third-order valence-electron chi connectivity index (χ3n) is 1.92. The van der Waals surface area contributed by atoms with Crippen molar-refractivity contribution >= 4 is 11.6 Å². The highest BCUT2D eigenvalue weighted by Gasteiger charge is 2.09. The van der Waals surface area contributed by atoms with Gasteiger partial charge < -0.3 is 4.74 Å². The zero-order chi connectivity index (χ0) is 10.7. The lowest BCUT2D eigenvalue weighted by molar-refractivity contribution is 0.176. The van der Waals surface area contributed by atoms with Crippen molar-refractivity contribution in [2.75, 3.05) is 7.11 Å². The average Bonchev–Trinajstić information content (AvgIpc) is 2.62. The molecule has 0 aliphatic carbocycles. The van der Waals surface area contributed by atoms with Crippen molar-refractivity contribution in [2.45, 2.75) is 6.61 Å². The third kappa shape index (κ3) is 2.16. The first kappa shape index (κ1) is 10.1. The maximum absolute atomic E-state index is 5.75. The second kappa shape index (κ2) is 4.42. The first-order valence-corrected chi connectivity index (χ1v) is 4.85. The smallest absolute Gasteiger partial charge is 0.243 e. The van der Waals surface area contributed by atoms with Crippen molar-refractivity contribution in [3.8, 4) is 5.69 Å². The zero-order valence-corrected chi connectivity index (χ0v) is 8.98. The van der Waals surface area contributed by atoms with E-state index in [9.17, 15) is 0 Å². The van der Waals surface area contributed by atoms with Crippen LogP contribution in [0.4, 0.5) is 0 Å². The minimum absolute atomic E-state index is 0.228. The maximum atomic E-state index is 5.75. The van der Waals surface area contributed by atoms with Crippen molar-refractivity contribution in [1.29, 1.82) is 0 Å². The van der Waals surface area contributed by atoms with Gasteiger partial charge in [-0.1, -0.05) is 18.2 Å². The van der Waals surface area contributed by atoms with Crippen LogP contribution in [-0.4, -0.2) is 21.9 Å². The van der Waals surface area contributed by atoms with E-state index >= 15 is 0 Å². The standard InChI is InChI=1S/C10H10ClN3O/c1-15-7-9-12-10(11)13-14(9)8-5-3-2-4-6-8/h2-6H,7H2,1H3. The van der Waals surface area contributed by atoms with E-state index < -0.39 is 0 Å². The summed E-state index contributed by atoms with van der Waals surface area (Å²) in [6.45, 7) is 0.384. The Kier molecular flexibility index (Phi) is 2.99. The number of para-hydroxylation sites is 1. The van der Waals surface area contributed by atoms with Gasteiger partial charge in [0.2, 0.25) is 5.28 Å². The lowest BCUT2D eigenvalue weighted by Crippen LogP contribution is -2.03. The van der Waals surface area contributed by atoms with E-state index in [2.05, 4.69) is 10.1 Å². The summed E-state index contributed by atoms with van der Waals surface area (Å²) < 4.78 is 6.69. The van der Waals surface area contributed by atoms with Gasteiger partial charge in [-0.3, -0.25) is 0 Å². The van der Waals surface area contributed by atoms with Crippen molar-refractivity contribution in [3.63, 3.8) is 0 Å². The molecule has 5 heteroatoms. The maximum Gasteiger partial charge on any atom is 0.243 e. The van der Waals surface area contributed by atoms with Crippen LogP contribution < -0.4 is 0 Å². The van der Waals surface area contributed by atoms with E-state index in [0.29, 0.717) is 12.4 Å². The molecule has 0 radical (unpaired) electrons. The van der Waals surface area contributed by atoms with Gasteiger partial charge in [-0.05, 0) is 23.7 Å². The molecule has 2 rings (SSSR count). The Hall–Kier alpha value is -1.39. The molecule has 0 amide bonds. The highest BCUT2D eigenvalue weighted by Crippen LogP contribution is 2.12. The van der Waals surface area contributed by atoms with Crippen molar-refractivity contribution in [1.82, 2.24) is 14.8 Å². The SMILES string of the molecule is COCc1nc(Cl)nn1-c1ccccc1. The Morgan fingerprint density at radius 1 is 1.33 bits per heavy atom. The van der Waals surface area contributed by atoms with E-state index in [0.717, 1.165) is 5.69 Å². The molecule has 1 aromatic heterocycles. The summed E-state index contributed by atoms with van der Waals surface area (Å²) in [5.74, 6) is 0.689. The fourth-order valence-electron chi connectivity index (χ4n) is 1.31. The Balaban J connectivity index is 2.43. The fourth-order valence-corrected chi connectivity index (χ4v) is 1.49. The monoisotopic (exact) mass is 223 g/mol. The molecule has 0 unspecified atom stereocenters. The number of nitrogens with zero attached hydrogens (tertiary/aromatic N) is 3. The van der Waals surface area contributed by atoms with E-state index in [4.69, 9.17) is 16.3 Å². The topological polar surface area (TPSA) is 39.9 Å². The third-order valence-corrected chi connectivity index (χ3v) is 2.08. The quantitative estimate of drug-likeness (QED) is 0.800. The molecule has 78 valence electrons. The van der Waals surface area contributed by atoms with Crippen LogP contribution in [0.5, 0.6) is 0 Å². The van der Waals surface area contributed by atoms with Gasteiger partial charge in [0.1, 0.15) is 6.61 Å². The molecular formula is C10H10ClN3O. The van der Waals surface area contributed by atoms with Gasteiger partial charge in [0.25, 0.3) is 0 Å². The minimum Gasteiger partial charge on any atom is -0.377 e. The van der Waals surface area contributed by atoms with Gasteiger partial charge >= 0.3 is 0 Å². The van der Waals surface area contributed by atoms with Crippen LogP contribution >= 0.6 is 11.6 Å². The number of hydrogen-bond acceptors (Lipinski definition) is 3. The molecular weight excluding hydrogens is 214 g/mol. The van der Waals surface area contributed by atoms with Gasteiger partial charge in [-0.2, -0.15) is 4.98 Å². The molecule has 2 aromatic rings. The van der Waals surface area contributed by atoms with Gasteiger partial charge in [-0.25, -0.2) is 4.68 Å². The molecule has 0 bridgehead atoms. The number of rotatable bonds is 3. The lowest BCUT2D eigenvalue weighted by Gasteiger charge is -2.03. The minimum atomic E-state index is 0.228. The number of benzene rings is 1. The zero-order valence-electron chi connectivity index (χ0n) is 8.22. The number of halogens is 1. The van der Waals surface area contributed by atoms with Crippen molar-refractivity contribution in [3.05, 3.63) is 41.4 Å². The Bertz CT molecular complexity index is 441. The van der Waals surface area contributed by atoms with Crippen LogP contribution in [0.3, 0.4) is 0 Å². The van der Waals surface area contributed by atoms with Crippen molar-refractivity contribution in [2.24, 2.45) is 0 Å². The molecule has 15 heavy (non-hydrogen) atoms. The lowest BCUT2D eigenvalue weighted by atomic mass is 10.3. The van der Waals surface area contributed by atoms with E-state index in [1.807, 2.05) is 30.3 Å².